The highest BCUT2D eigenvalue weighted by atomic mass is 19.1. The molecule has 21 heavy (non-hydrogen) atoms. The van der Waals surface area contributed by atoms with E-state index in [1.165, 1.54) is 4.90 Å². The summed E-state index contributed by atoms with van der Waals surface area (Å²) < 4.78 is 14.4. The van der Waals surface area contributed by atoms with E-state index in [2.05, 4.69) is 0 Å². The number of nitro groups is 1. The lowest BCUT2D eigenvalue weighted by molar-refractivity contribution is -0.384. The van der Waals surface area contributed by atoms with Crippen molar-refractivity contribution < 1.29 is 24.0 Å². The standard InChI is InChI=1S/C12H12FN3O5/c13-10-7(15-6-2-1-3-9(15)17)4-5-8(16(20)21)11(10)14-12(18)19/h4-5,14H,1-3,6H2,(H,18,19). The fraction of sp³-hybridized carbons (Fsp3) is 0.333. The fourth-order valence-corrected chi connectivity index (χ4v) is 2.20. The summed E-state index contributed by atoms with van der Waals surface area (Å²) in [6.45, 7) is 0.292. The SMILES string of the molecule is O=C(O)Nc1c([N+](=O)[O-])ccc(N2CCCCC2=O)c1F. The van der Waals surface area contributed by atoms with Gasteiger partial charge in [0.2, 0.25) is 5.91 Å². The molecule has 112 valence electrons. The fourth-order valence-electron chi connectivity index (χ4n) is 2.20. The van der Waals surface area contributed by atoms with Crippen LogP contribution in [-0.4, -0.2) is 28.6 Å². The lowest BCUT2D eigenvalue weighted by Crippen LogP contribution is -2.36. The Morgan fingerprint density at radius 1 is 1.43 bits per heavy atom. The maximum atomic E-state index is 14.4. The smallest absolute Gasteiger partial charge is 0.409 e. The molecule has 8 nitrogen and oxygen atoms in total. The Kier molecular flexibility index (Phi) is 4.01. The molecule has 1 heterocycles. The lowest BCUT2D eigenvalue weighted by Gasteiger charge is -2.27. The predicted molar refractivity (Wildman–Crippen MR) is 70.9 cm³/mol. The van der Waals surface area contributed by atoms with E-state index >= 15 is 0 Å². The normalized spacial score (nSPS) is 14.9. The molecule has 0 radical (unpaired) electrons. The maximum absolute atomic E-state index is 14.4. The molecule has 9 heteroatoms. The summed E-state index contributed by atoms with van der Waals surface area (Å²) in [7, 11) is 0. The molecule has 1 aliphatic rings. The number of nitrogens with one attached hydrogen (secondary N) is 1. The van der Waals surface area contributed by atoms with Gasteiger partial charge in [-0.05, 0) is 18.9 Å². The van der Waals surface area contributed by atoms with Crippen molar-refractivity contribution in [3.05, 3.63) is 28.1 Å². The Balaban J connectivity index is 2.50. The first-order chi connectivity index (χ1) is 9.91. The lowest BCUT2D eigenvalue weighted by atomic mass is 10.1. The number of rotatable bonds is 3. The Bertz CT molecular complexity index is 619. The van der Waals surface area contributed by atoms with Crippen LogP contribution in [-0.2, 0) is 4.79 Å². The molecule has 1 aromatic carbocycles. The molecular weight excluding hydrogens is 285 g/mol. The zero-order valence-electron chi connectivity index (χ0n) is 10.8. The van der Waals surface area contributed by atoms with Crippen LogP contribution >= 0.6 is 0 Å². The molecule has 2 rings (SSSR count). The average Bonchev–Trinajstić information content (AvgIpc) is 2.41. The first-order valence-electron chi connectivity index (χ1n) is 6.19. The Morgan fingerprint density at radius 2 is 2.14 bits per heavy atom. The van der Waals surface area contributed by atoms with Crippen LogP contribution in [0.5, 0.6) is 0 Å². The van der Waals surface area contributed by atoms with E-state index in [9.17, 15) is 24.1 Å². The van der Waals surface area contributed by atoms with Crippen molar-refractivity contribution in [3.8, 4) is 0 Å². The maximum Gasteiger partial charge on any atom is 0.409 e. The van der Waals surface area contributed by atoms with Crippen molar-refractivity contribution in [2.24, 2.45) is 0 Å². The van der Waals surface area contributed by atoms with Crippen LogP contribution < -0.4 is 10.2 Å². The number of hydrogen-bond donors (Lipinski definition) is 2. The summed E-state index contributed by atoms with van der Waals surface area (Å²) in [5.74, 6) is -1.42. The Morgan fingerprint density at radius 3 is 2.71 bits per heavy atom. The Labute approximate surface area is 118 Å². The number of anilines is 2. The van der Waals surface area contributed by atoms with Gasteiger partial charge in [0.15, 0.2) is 11.5 Å². The second-order valence-corrected chi connectivity index (χ2v) is 4.48. The minimum atomic E-state index is -1.63. The highest BCUT2D eigenvalue weighted by molar-refractivity contribution is 5.96. The summed E-state index contributed by atoms with van der Waals surface area (Å²) in [5.41, 5.74) is -1.62. The first kappa shape index (κ1) is 14.7. The molecular formula is C12H12FN3O5. The second kappa shape index (κ2) is 5.73. The number of hydrogen-bond acceptors (Lipinski definition) is 4. The van der Waals surface area contributed by atoms with E-state index in [0.29, 0.717) is 19.4 Å². The second-order valence-electron chi connectivity index (χ2n) is 4.48. The van der Waals surface area contributed by atoms with Crippen LogP contribution in [0, 0.1) is 15.9 Å². The summed E-state index contributed by atoms with van der Waals surface area (Å²) in [6.07, 6.45) is 0.0192. The molecule has 1 aliphatic heterocycles. The third-order valence-corrected chi connectivity index (χ3v) is 3.14. The van der Waals surface area contributed by atoms with Gasteiger partial charge in [-0.25, -0.2) is 9.18 Å². The summed E-state index contributed by atoms with van der Waals surface area (Å²) >= 11 is 0. The molecule has 0 atom stereocenters. The molecule has 1 fully saturated rings. The molecule has 1 saturated heterocycles. The van der Waals surface area contributed by atoms with Gasteiger partial charge in [0.1, 0.15) is 0 Å². The van der Waals surface area contributed by atoms with Crippen molar-refractivity contribution in [3.63, 3.8) is 0 Å². The van der Waals surface area contributed by atoms with Gasteiger partial charge >= 0.3 is 6.09 Å². The van der Waals surface area contributed by atoms with Gasteiger partial charge in [-0.15, -0.1) is 0 Å². The van der Waals surface area contributed by atoms with Gasteiger partial charge in [0.25, 0.3) is 5.69 Å². The third kappa shape index (κ3) is 2.91. The van der Waals surface area contributed by atoms with Crippen LogP contribution in [0.2, 0.25) is 0 Å². The molecule has 0 saturated carbocycles. The van der Waals surface area contributed by atoms with Crippen molar-refractivity contribution >= 4 is 29.1 Å². The summed E-state index contributed by atoms with van der Waals surface area (Å²) in [4.78, 5) is 33.6. The van der Waals surface area contributed by atoms with E-state index in [-0.39, 0.29) is 18.0 Å². The quantitative estimate of drug-likeness (QED) is 0.656. The van der Waals surface area contributed by atoms with Crippen molar-refractivity contribution in [1.82, 2.24) is 0 Å². The monoisotopic (exact) mass is 297 g/mol. The van der Waals surface area contributed by atoms with E-state index in [1.54, 1.807) is 5.32 Å². The Hall–Kier alpha value is -2.71. The van der Waals surface area contributed by atoms with E-state index in [0.717, 1.165) is 12.1 Å². The average molecular weight is 297 g/mol. The van der Waals surface area contributed by atoms with Gasteiger partial charge in [0, 0.05) is 19.0 Å². The summed E-state index contributed by atoms with van der Waals surface area (Å²) in [5, 5.41) is 21.2. The number of piperidine rings is 1. The van der Waals surface area contributed by atoms with E-state index < -0.39 is 28.2 Å². The zero-order valence-corrected chi connectivity index (χ0v) is 10.8. The van der Waals surface area contributed by atoms with E-state index in [1.807, 2.05) is 0 Å². The van der Waals surface area contributed by atoms with Crippen LogP contribution in [0.4, 0.5) is 26.2 Å². The molecule has 0 bridgehead atoms. The van der Waals surface area contributed by atoms with Crippen LogP contribution in [0.15, 0.2) is 12.1 Å². The van der Waals surface area contributed by atoms with Gasteiger partial charge in [-0.2, -0.15) is 0 Å². The van der Waals surface area contributed by atoms with Gasteiger partial charge in [-0.3, -0.25) is 20.2 Å². The van der Waals surface area contributed by atoms with E-state index in [4.69, 9.17) is 5.11 Å². The van der Waals surface area contributed by atoms with Gasteiger partial charge in [0.05, 0.1) is 10.6 Å². The molecule has 1 aromatic rings. The molecule has 0 aliphatic carbocycles. The molecule has 2 N–H and O–H groups in total. The van der Waals surface area contributed by atoms with Crippen LogP contribution in [0.1, 0.15) is 19.3 Å². The minimum absolute atomic E-state index is 0.158. The van der Waals surface area contributed by atoms with Crippen LogP contribution in [0.3, 0.4) is 0 Å². The molecule has 2 amide bonds. The van der Waals surface area contributed by atoms with Crippen molar-refractivity contribution in [2.45, 2.75) is 19.3 Å². The zero-order chi connectivity index (χ0) is 15.6. The number of benzene rings is 1. The highest BCUT2D eigenvalue weighted by Gasteiger charge is 2.28. The number of carbonyl (C=O) groups is 2. The topological polar surface area (TPSA) is 113 Å². The minimum Gasteiger partial charge on any atom is -0.465 e. The van der Waals surface area contributed by atoms with Gasteiger partial charge < -0.3 is 10.0 Å². The number of carboxylic acid groups (broad SMARTS) is 1. The first-order valence-corrected chi connectivity index (χ1v) is 6.19. The number of carbonyl (C=O) groups excluding carboxylic acids is 1. The number of nitro benzene ring substituents is 1. The van der Waals surface area contributed by atoms with Gasteiger partial charge in [-0.1, -0.05) is 0 Å². The largest absolute Gasteiger partial charge is 0.465 e. The third-order valence-electron chi connectivity index (χ3n) is 3.14. The summed E-state index contributed by atoms with van der Waals surface area (Å²) in [6, 6.07) is 2.09. The molecule has 0 spiro atoms. The van der Waals surface area contributed by atoms with Crippen molar-refractivity contribution in [1.29, 1.82) is 0 Å². The number of nitrogens with zero attached hydrogens (tertiary/aromatic N) is 2. The molecule has 0 aromatic heterocycles. The molecule has 0 unspecified atom stereocenters. The van der Waals surface area contributed by atoms with Crippen molar-refractivity contribution in [2.75, 3.05) is 16.8 Å². The number of halogens is 1. The highest BCUT2D eigenvalue weighted by Crippen LogP contribution is 2.35. The predicted octanol–water partition coefficient (Wildman–Crippen LogP) is 2.34. The number of amides is 2. The van der Waals surface area contributed by atoms with Crippen LogP contribution in [0.25, 0.3) is 0 Å².